The minimum atomic E-state index is -5.64. The van der Waals surface area contributed by atoms with Gasteiger partial charge in [-0.15, -0.1) is 21.4 Å². The second-order valence-corrected chi connectivity index (χ2v) is 3.83. The monoisotopic (exact) mass is 286 g/mol. The summed E-state index contributed by atoms with van der Waals surface area (Å²) in [6.07, 6.45) is 6.91. The van der Waals surface area contributed by atoms with Crippen molar-refractivity contribution in [2.24, 2.45) is 0 Å². The molecule has 0 radical (unpaired) electrons. The van der Waals surface area contributed by atoms with Crippen LogP contribution in [-0.4, -0.2) is 42.5 Å². The first-order chi connectivity index (χ1) is 8.31. The lowest BCUT2D eigenvalue weighted by Gasteiger charge is -2.09. The van der Waals surface area contributed by atoms with Crippen molar-refractivity contribution in [3.05, 3.63) is 12.7 Å². The van der Waals surface area contributed by atoms with Crippen LogP contribution in [0.3, 0.4) is 0 Å². The molecular formula is C10H17F2O5P. The molecule has 2 N–H and O–H groups in total. The molecule has 0 aliphatic rings. The van der Waals surface area contributed by atoms with Gasteiger partial charge < -0.3 is 14.6 Å². The van der Waals surface area contributed by atoms with Crippen LogP contribution in [0.1, 0.15) is 6.42 Å². The standard InChI is InChI=1S/C10H16O3.F2HO2P/c1-3-5-7-13-9-10(11)8-12-6-4-2;1-5(2,3)4/h2-3,10-11H,1,5-9H2;(H,3,4). The van der Waals surface area contributed by atoms with Gasteiger partial charge in [-0.3, -0.25) is 4.89 Å². The van der Waals surface area contributed by atoms with Crippen LogP contribution in [0.5, 0.6) is 0 Å². The summed E-state index contributed by atoms with van der Waals surface area (Å²) in [6.45, 7) is 4.85. The quantitative estimate of drug-likeness (QED) is 0.307. The van der Waals surface area contributed by atoms with Crippen LogP contribution in [-0.2, 0) is 14.0 Å². The highest BCUT2D eigenvalue weighted by molar-refractivity contribution is 7.46. The van der Waals surface area contributed by atoms with Crippen molar-refractivity contribution in [1.29, 1.82) is 0 Å². The maximum atomic E-state index is 10.1. The van der Waals surface area contributed by atoms with E-state index in [-0.39, 0.29) is 19.8 Å². The Hall–Kier alpha value is -0.770. The average Bonchev–Trinajstić information content (AvgIpc) is 2.22. The number of hydrogen-bond donors (Lipinski definition) is 2. The minimum absolute atomic E-state index is 0.221. The summed E-state index contributed by atoms with van der Waals surface area (Å²) in [7, 11) is -5.64. The molecule has 0 amide bonds. The van der Waals surface area contributed by atoms with Crippen LogP contribution < -0.4 is 0 Å². The fraction of sp³-hybridized carbons (Fsp3) is 0.600. The van der Waals surface area contributed by atoms with E-state index in [0.717, 1.165) is 6.42 Å². The maximum Gasteiger partial charge on any atom is 0.549 e. The van der Waals surface area contributed by atoms with Gasteiger partial charge in [-0.25, -0.2) is 4.57 Å². The summed E-state index contributed by atoms with van der Waals surface area (Å²) in [5.74, 6) is 2.31. The lowest BCUT2D eigenvalue weighted by Crippen LogP contribution is -2.22. The molecule has 0 fully saturated rings. The molecule has 0 spiro atoms. The van der Waals surface area contributed by atoms with Crippen LogP contribution in [0.25, 0.3) is 0 Å². The fourth-order valence-corrected chi connectivity index (χ4v) is 0.688. The zero-order valence-electron chi connectivity index (χ0n) is 9.80. The van der Waals surface area contributed by atoms with E-state index in [9.17, 15) is 13.5 Å². The summed E-state index contributed by atoms with van der Waals surface area (Å²) in [5, 5.41) is 9.23. The van der Waals surface area contributed by atoms with Crippen LogP contribution in [0.4, 0.5) is 8.39 Å². The van der Waals surface area contributed by atoms with E-state index in [1.54, 1.807) is 6.08 Å². The van der Waals surface area contributed by atoms with Crippen molar-refractivity contribution in [3.8, 4) is 12.3 Å². The van der Waals surface area contributed by atoms with Crippen molar-refractivity contribution in [3.63, 3.8) is 0 Å². The third-order valence-corrected chi connectivity index (χ3v) is 1.27. The normalized spacial score (nSPS) is 11.9. The predicted octanol–water partition coefficient (Wildman–Crippen LogP) is 1.62. The molecule has 0 saturated heterocycles. The molecule has 0 aliphatic carbocycles. The third-order valence-electron chi connectivity index (χ3n) is 1.27. The molecular weight excluding hydrogens is 269 g/mol. The molecule has 18 heavy (non-hydrogen) atoms. The van der Waals surface area contributed by atoms with E-state index in [2.05, 4.69) is 12.5 Å². The molecule has 0 aliphatic heterocycles. The van der Waals surface area contributed by atoms with Crippen molar-refractivity contribution >= 4 is 7.99 Å². The molecule has 0 bridgehead atoms. The smallest absolute Gasteiger partial charge is 0.388 e. The number of terminal acetylenes is 1. The first-order valence-electron chi connectivity index (χ1n) is 4.91. The molecule has 1 atom stereocenters. The summed E-state index contributed by atoms with van der Waals surface area (Å²) in [4.78, 5) is 6.74. The first-order valence-corrected chi connectivity index (χ1v) is 6.35. The third kappa shape index (κ3) is 29.5. The van der Waals surface area contributed by atoms with E-state index in [1.165, 1.54) is 0 Å². The summed E-state index contributed by atoms with van der Waals surface area (Å²) in [5.41, 5.74) is 0. The summed E-state index contributed by atoms with van der Waals surface area (Å²) in [6, 6.07) is 0. The summed E-state index contributed by atoms with van der Waals surface area (Å²) >= 11 is 0. The highest BCUT2D eigenvalue weighted by Gasteiger charge is 2.09. The van der Waals surface area contributed by atoms with E-state index in [4.69, 9.17) is 25.4 Å². The van der Waals surface area contributed by atoms with E-state index in [1.807, 2.05) is 0 Å². The molecule has 0 heterocycles. The number of rotatable bonds is 8. The largest absolute Gasteiger partial charge is 0.549 e. The van der Waals surface area contributed by atoms with Crippen LogP contribution in [0, 0.1) is 12.3 Å². The molecule has 0 rings (SSSR count). The molecule has 1 unspecified atom stereocenters. The van der Waals surface area contributed by atoms with Gasteiger partial charge in [0, 0.05) is 0 Å². The predicted molar refractivity (Wildman–Crippen MR) is 63.3 cm³/mol. The number of halogens is 2. The topological polar surface area (TPSA) is 76.0 Å². The number of aliphatic hydroxyl groups is 1. The van der Waals surface area contributed by atoms with Crippen LogP contribution in [0.15, 0.2) is 12.7 Å². The Balaban J connectivity index is 0. The van der Waals surface area contributed by atoms with Gasteiger partial charge in [-0.1, -0.05) is 12.0 Å². The Morgan fingerprint density at radius 3 is 2.39 bits per heavy atom. The Morgan fingerprint density at radius 1 is 1.44 bits per heavy atom. The molecule has 0 saturated carbocycles. The Labute approximate surface area is 105 Å². The van der Waals surface area contributed by atoms with Crippen LogP contribution in [0.2, 0.25) is 0 Å². The second kappa shape index (κ2) is 12.7. The zero-order valence-corrected chi connectivity index (χ0v) is 10.7. The van der Waals surface area contributed by atoms with Gasteiger partial charge in [0.1, 0.15) is 12.7 Å². The highest BCUT2D eigenvalue weighted by Crippen LogP contribution is 2.43. The lowest BCUT2D eigenvalue weighted by molar-refractivity contribution is -0.0109. The van der Waals surface area contributed by atoms with E-state index in [0.29, 0.717) is 6.61 Å². The zero-order chi connectivity index (χ0) is 14.4. The van der Waals surface area contributed by atoms with E-state index >= 15 is 0 Å². The SMILES string of the molecule is C#CCOCC(O)COCCC=C.O=P(O)(F)F. The van der Waals surface area contributed by atoms with Gasteiger partial charge in [0.15, 0.2) is 0 Å². The minimum Gasteiger partial charge on any atom is -0.388 e. The fourth-order valence-electron chi connectivity index (χ4n) is 0.688. The number of hydrogen-bond acceptors (Lipinski definition) is 4. The first kappa shape index (κ1) is 19.6. The van der Waals surface area contributed by atoms with Gasteiger partial charge in [0.05, 0.1) is 19.8 Å². The molecule has 0 aromatic carbocycles. The van der Waals surface area contributed by atoms with Gasteiger partial charge in [-0.2, -0.15) is 0 Å². The molecule has 0 aromatic heterocycles. The molecule has 8 heteroatoms. The second-order valence-electron chi connectivity index (χ2n) is 2.96. The van der Waals surface area contributed by atoms with Crippen molar-refractivity contribution in [2.45, 2.75) is 12.5 Å². The lowest BCUT2D eigenvalue weighted by atomic mass is 10.4. The maximum absolute atomic E-state index is 10.1. The van der Waals surface area contributed by atoms with E-state index < -0.39 is 14.1 Å². The molecule has 106 valence electrons. The Morgan fingerprint density at radius 2 is 1.94 bits per heavy atom. The van der Waals surface area contributed by atoms with Crippen molar-refractivity contribution < 1.29 is 32.4 Å². The van der Waals surface area contributed by atoms with Crippen molar-refractivity contribution in [1.82, 2.24) is 0 Å². The van der Waals surface area contributed by atoms with Gasteiger partial charge in [0.2, 0.25) is 0 Å². The van der Waals surface area contributed by atoms with Gasteiger partial charge in [-0.05, 0) is 6.42 Å². The molecule has 5 nitrogen and oxygen atoms in total. The number of ether oxygens (including phenoxy) is 2. The Bertz CT molecular complexity index is 278. The molecule has 0 aromatic rings. The summed E-state index contributed by atoms with van der Waals surface area (Å²) < 4.78 is 38.7. The van der Waals surface area contributed by atoms with Crippen molar-refractivity contribution in [2.75, 3.05) is 26.4 Å². The van der Waals surface area contributed by atoms with Crippen LogP contribution >= 0.6 is 7.99 Å². The van der Waals surface area contributed by atoms with Gasteiger partial charge in [0.25, 0.3) is 0 Å². The highest BCUT2D eigenvalue weighted by atomic mass is 31.2. The average molecular weight is 286 g/mol. The number of aliphatic hydroxyl groups excluding tert-OH is 1. The van der Waals surface area contributed by atoms with Gasteiger partial charge >= 0.3 is 7.99 Å². The Kier molecular flexibility index (Phi) is 13.8.